The quantitative estimate of drug-likeness (QED) is 0.914. The van der Waals surface area contributed by atoms with Gasteiger partial charge in [0.15, 0.2) is 0 Å². The van der Waals surface area contributed by atoms with Crippen LogP contribution in [-0.4, -0.2) is 32.6 Å². The Labute approximate surface area is 128 Å². The molecule has 0 spiro atoms. The molecule has 5 nitrogen and oxygen atoms in total. The highest BCUT2D eigenvalue weighted by molar-refractivity contribution is 5.19. The van der Waals surface area contributed by atoms with E-state index in [9.17, 15) is 9.90 Å². The molecule has 4 heterocycles. The molecule has 5 heteroatoms. The molecule has 2 bridgehead atoms. The summed E-state index contributed by atoms with van der Waals surface area (Å²) in [6.45, 7) is 3.58. The van der Waals surface area contributed by atoms with Gasteiger partial charge in [0.05, 0.1) is 11.9 Å². The fourth-order valence-corrected chi connectivity index (χ4v) is 3.86. The first-order valence-electron chi connectivity index (χ1n) is 7.75. The Morgan fingerprint density at radius 2 is 2.09 bits per heavy atom. The number of nitrogens with zero attached hydrogens (tertiary/aromatic N) is 3. The van der Waals surface area contributed by atoms with E-state index >= 15 is 0 Å². The van der Waals surface area contributed by atoms with Crippen molar-refractivity contribution >= 4 is 0 Å². The summed E-state index contributed by atoms with van der Waals surface area (Å²) in [6, 6.07) is 9.17. The SMILES string of the molecule is O=c1cccc2n1CC1CC2CN(Cc2ccc(O)cn2)C1. The van der Waals surface area contributed by atoms with Gasteiger partial charge in [0.2, 0.25) is 0 Å². The van der Waals surface area contributed by atoms with Gasteiger partial charge in [0.1, 0.15) is 5.75 Å². The van der Waals surface area contributed by atoms with Crippen LogP contribution in [0.5, 0.6) is 5.75 Å². The van der Waals surface area contributed by atoms with Gasteiger partial charge in [-0.3, -0.25) is 14.7 Å². The highest BCUT2D eigenvalue weighted by Gasteiger charge is 2.34. The number of fused-ring (bicyclic) bond motifs is 4. The largest absolute Gasteiger partial charge is 0.506 e. The Hall–Kier alpha value is -2.14. The number of piperidine rings is 1. The van der Waals surface area contributed by atoms with Gasteiger partial charge < -0.3 is 9.67 Å². The molecule has 2 atom stereocenters. The van der Waals surface area contributed by atoms with Crippen LogP contribution in [0.1, 0.15) is 23.7 Å². The van der Waals surface area contributed by atoms with Gasteiger partial charge in [-0.2, -0.15) is 0 Å². The van der Waals surface area contributed by atoms with E-state index in [1.807, 2.05) is 16.7 Å². The summed E-state index contributed by atoms with van der Waals surface area (Å²) in [7, 11) is 0. The molecule has 2 aliphatic heterocycles. The van der Waals surface area contributed by atoms with Gasteiger partial charge in [0, 0.05) is 43.9 Å². The van der Waals surface area contributed by atoms with Crippen molar-refractivity contribution < 1.29 is 5.11 Å². The van der Waals surface area contributed by atoms with Crippen LogP contribution in [0.25, 0.3) is 0 Å². The lowest BCUT2D eigenvalue weighted by atomic mass is 9.83. The van der Waals surface area contributed by atoms with Crippen LogP contribution >= 0.6 is 0 Å². The van der Waals surface area contributed by atoms with Crippen LogP contribution in [0.4, 0.5) is 0 Å². The second-order valence-corrected chi connectivity index (χ2v) is 6.40. The maximum Gasteiger partial charge on any atom is 0.250 e. The molecule has 1 fully saturated rings. The van der Waals surface area contributed by atoms with Gasteiger partial charge in [-0.15, -0.1) is 0 Å². The van der Waals surface area contributed by atoms with Crippen molar-refractivity contribution in [3.05, 3.63) is 58.3 Å². The topological polar surface area (TPSA) is 58.4 Å². The number of hydrogen-bond acceptors (Lipinski definition) is 4. The molecule has 1 saturated heterocycles. The molecule has 0 aromatic carbocycles. The van der Waals surface area contributed by atoms with E-state index in [1.165, 1.54) is 18.3 Å². The normalized spacial score (nSPS) is 24.0. The Morgan fingerprint density at radius 3 is 2.91 bits per heavy atom. The van der Waals surface area contributed by atoms with Crippen LogP contribution in [-0.2, 0) is 13.1 Å². The summed E-state index contributed by atoms with van der Waals surface area (Å²) in [6.07, 6.45) is 2.66. The van der Waals surface area contributed by atoms with Gasteiger partial charge in [-0.1, -0.05) is 6.07 Å². The molecule has 1 N–H and O–H groups in total. The molecule has 2 aromatic rings. The van der Waals surface area contributed by atoms with Gasteiger partial charge in [0.25, 0.3) is 5.56 Å². The Balaban J connectivity index is 1.56. The molecule has 0 amide bonds. The molecule has 22 heavy (non-hydrogen) atoms. The van der Waals surface area contributed by atoms with E-state index in [0.717, 1.165) is 31.9 Å². The smallest absolute Gasteiger partial charge is 0.250 e. The fourth-order valence-electron chi connectivity index (χ4n) is 3.86. The van der Waals surface area contributed by atoms with Crippen LogP contribution in [0.15, 0.2) is 41.3 Å². The van der Waals surface area contributed by atoms with Crippen LogP contribution in [0.2, 0.25) is 0 Å². The monoisotopic (exact) mass is 297 g/mol. The first-order valence-corrected chi connectivity index (χ1v) is 7.75. The maximum atomic E-state index is 12.0. The van der Waals surface area contributed by atoms with Crippen molar-refractivity contribution in [2.24, 2.45) is 5.92 Å². The minimum absolute atomic E-state index is 0.126. The lowest BCUT2D eigenvalue weighted by molar-refractivity contribution is 0.113. The molecular weight excluding hydrogens is 278 g/mol. The first-order chi connectivity index (χ1) is 10.7. The molecule has 2 aliphatic rings. The maximum absolute atomic E-state index is 12.0. The number of hydrogen-bond donors (Lipinski definition) is 1. The second kappa shape index (κ2) is 5.25. The molecule has 2 unspecified atom stereocenters. The zero-order chi connectivity index (χ0) is 15.1. The summed E-state index contributed by atoms with van der Waals surface area (Å²) in [5.74, 6) is 1.16. The summed E-state index contributed by atoms with van der Waals surface area (Å²) >= 11 is 0. The van der Waals surface area contributed by atoms with E-state index in [4.69, 9.17) is 0 Å². The van der Waals surface area contributed by atoms with Gasteiger partial charge in [-0.05, 0) is 30.5 Å². The zero-order valence-electron chi connectivity index (χ0n) is 12.4. The van der Waals surface area contributed by atoms with Crippen LogP contribution < -0.4 is 5.56 Å². The number of likely N-dealkylation sites (tertiary alicyclic amines) is 1. The third-order valence-electron chi connectivity index (χ3n) is 4.75. The van der Waals surface area contributed by atoms with Crippen molar-refractivity contribution in [3.8, 4) is 5.75 Å². The van der Waals surface area contributed by atoms with E-state index < -0.39 is 0 Å². The number of pyridine rings is 2. The van der Waals surface area contributed by atoms with Crippen LogP contribution in [0.3, 0.4) is 0 Å². The van der Waals surface area contributed by atoms with E-state index in [-0.39, 0.29) is 11.3 Å². The molecule has 0 saturated carbocycles. The number of rotatable bonds is 2. The summed E-state index contributed by atoms with van der Waals surface area (Å²) in [5, 5.41) is 9.32. The molecular formula is C17H19N3O2. The fraction of sp³-hybridized carbons (Fsp3) is 0.412. The summed E-state index contributed by atoms with van der Waals surface area (Å²) < 4.78 is 1.95. The van der Waals surface area contributed by atoms with E-state index in [2.05, 4.69) is 16.0 Å². The second-order valence-electron chi connectivity index (χ2n) is 6.40. The van der Waals surface area contributed by atoms with Gasteiger partial charge in [-0.25, -0.2) is 0 Å². The Bertz CT molecular complexity index is 738. The lowest BCUT2D eigenvalue weighted by Gasteiger charge is -2.42. The van der Waals surface area contributed by atoms with Crippen LogP contribution in [0, 0.1) is 5.92 Å². The third kappa shape index (κ3) is 2.41. The molecule has 114 valence electrons. The molecule has 0 radical (unpaired) electrons. The number of aromatic nitrogens is 2. The first kappa shape index (κ1) is 13.5. The summed E-state index contributed by atoms with van der Waals surface area (Å²) in [5.41, 5.74) is 2.27. The number of aromatic hydroxyl groups is 1. The highest BCUT2D eigenvalue weighted by atomic mass is 16.3. The molecule has 4 rings (SSSR count). The summed E-state index contributed by atoms with van der Waals surface area (Å²) in [4.78, 5) is 18.7. The third-order valence-corrected chi connectivity index (χ3v) is 4.75. The Morgan fingerprint density at radius 1 is 1.18 bits per heavy atom. The van der Waals surface area contributed by atoms with E-state index in [0.29, 0.717) is 11.8 Å². The molecule has 0 aliphatic carbocycles. The lowest BCUT2D eigenvalue weighted by Crippen LogP contribution is -2.46. The minimum atomic E-state index is 0.126. The van der Waals surface area contributed by atoms with Crippen molar-refractivity contribution in [1.29, 1.82) is 0 Å². The minimum Gasteiger partial charge on any atom is -0.506 e. The predicted octanol–water partition coefficient (Wildman–Crippen LogP) is 1.57. The average molecular weight is 297 g/mol. The van der Waals surface area contributed by atoms with Gasteiger partial charge >= 0.3 is 0 Å². The van der Waals surface area contributed by atoms with Crippen molar-refractivity contribution in [2.75, 3.05) is 13.1 Å². The average Bonchev–Trinajstić information content (AvgIpc) is 2.51. The van der Waals surface area contributed by atoms with Crippen molar-refractivity contribution in [2.45, 2.75) is 25.4 Å². The molecule has 2 aromatic heterocycles. The van der Waals surface area contributed by atoms with E-state index in [1.54, 1.807) is 12.1 Å². The van der Waals surface area contributed by atoms with Crippen molar-refractivity contribution in [3.63, 3.8) is 0 Å². The predicted molar refractivity (Wildman–Crippen MR) is 82.7 cm³/mol. The Kier molecular flexibility index (Phi) is 3.22. The standard InChI is InChI=1S/C17H19N3O2/c21-15-5-4-14(18-7-15)11-19-8-12-6-13(10-19)16-2-1-3-17(22)20(16)9-12/h1-5,7,12-13,21H,6,8-11H2. The zero-order valence-corrected chi connectivity index (χ0v) is 12.4. The van der Waals surface area contributed by atoms with Crippen molar-refractivity contribution in [1.82, 2.24) is 14.5 Å². The highest BCUT2D eigenvalue weighted by Crippen LogP contribution is 2.35.